The number of piperazine rings is 1. The molecule has 0 spiro atoms. The quantitative estimate of drug-likeness (QED) is 0.750. The molecule has 0 aromatic carbocycles. The summed E-state index contributed by atoms with van der Waals surface area (Å²) in [7, 11) is 0. The summed E-state index contributed by atoms with van der Waals surface area (Å²) in [5, 5.41) is 5.87. The van der Waals surface area contributed by atoms with Gasteiger partial charge in [-0.25, -0.2) is 0 Å². The number of rotatable bonds is 1. The van der Waals surface area contributed by atoms with Crippen LogP contribution in [0, 0.1) is 0 Å². The Kier molecular flexibility index (Phi) is 2.30. The summed E-state index contributed by atoms with van der Waals surface area (Å²) in [4.78, 5) is 16.3. The number of fused-ring (bicyclic) bond motifs is 1. The number of carbonyl (C=O) groups is 1. The standard InChI is InChI=1S/C13H13N3O/c1-8-7-14-12(13(17)15-8)11-6-5-9-3-2-4-10(9)16-11/h2,4-6,12,14H,1,3,7H2,(H,15,17). The topological polar surface area (TPSA) is 54.0 Å². The predicted octanol–water partition coefficient (Wildman–Crippen LogP) is 0.925. The van der Waals surface area contributed by atoms with Crippen molar-refractivity contribution >= 4 is 12.0 Å². The zero-order valence-corrected chi connectivity index (χ0v) is 9.36. The molecule has 2 aliphatic rings. The summed E-state index contributed by atoms with van der Waals surface area (Å²) in [5.74, 6) is -0.0873. The maximum atomic E-state index is 11.8. The van der Waals surface area contributed by atoms with Crippen molar-refractivity contribution in [1.29, 1.82) is 0 Å². The number of amides is 1. The van der Waals surface area contributed by atoms with Gasteiger partial charge in [0.05, 0.1) is 11.4 Å². The van der Waals surface area contributed by atoms with E-state index in [2.05, 4.69) is 28.3 Å². The van der Waals surface area contributed by atoms with Gasteiger partial charge in [0.25, 0.3) is 0 Å². The monoisotopic (exact) mass is 227 g/mol. The Hall–Kier alpha value is -1.94. The highest BCUT2D eigenvalue weighted by Gasteiger charge is 2.26. The van der Waals surface area contributed by atoms with E-state index < -0.39 is 0 Å². The van der Waals surface area contributed by atoms with Crippen LogP contribution in [0.4, 0.5) is 0 Å². The molecule has 1 aliphatic heterocycles. The fraction of sp³-hybridized carbons (Fsp3) is 0.231. The average molecular weight is 227 g/mol. The number of aromatic nitrogens is 1. The summed E-state index contributed by atoms with van der Waals surface area (Å²) < 4.78 is 0. The average Bonchev–Trinajstić information content (AvgIpc) is 2.75. The van der Waals surface area contributed by atoms with Crippen LogP contribution in [0.25, 0.3) is 6.08 Å². The van der Waals surface area contributed by atoms with E-state index in [1.807, 2.05) is 18.2 Å². The van der Waals surface area contributed by atoms with Gasteiger partial charge < -0.3 is 5.32 Å². The third kappa shape index (κ3) is 1.76. The van der Waals surface area contributed by atoms with Gasteiger partial charge in [0, 0.05) is 12.2 Å². The molecule has 1 aromatic rings. The molecule has 0 radical (unpaired) electrons. The molecule has 4 heteroatoms. The van der Waals surface area contributed by atoms with Crippen molar-refractivity contribution in [3.63, 3.8) is 0 Å². The molecule has 17 heavy (non-hydrogen) atoms. The molecular weight excluding hydrogens is 214 g/mol. The molecule has 1 unspecified atom stereocenters. The maximum Gasteiger partial charge on any atom is 0.247 e. The van der Waals surface area contributed by atoms with Crippen LogP contribution in [0.1, 0.15) is 23.0 Å². The van der Waals surface area contributed by atoms with Crippen LogP contribution in [0.3, 0.4) is 0 Å². The minimum atomic E-state index is -0.375. The Morgan fingerprint density at radius 1 is 1.41 bits per heavy atom. The number of carbonyl (C=O) groups excluding carboxylic acids is 1. The molecule has 2 N–H and O–H groups in total. The Bertz CT molecular complexity index is 533. The Morgan fingerprint density at radius 2 is 2.29 bits per heavy atom. The zero-order chi connectivity index (χ0) is 11.8. The second-order valence-corrected chi connectivity index (χ2v) is 4.29. The first kappa shape index (κ1) is 10.2. The number of hydrogen-bond acceptors (Lipinski definition) is 3. The summed E-state index contributed by atoms with van der Waals surface area (Å²) in [6.45, 7) is 4.31. The van der Waals surface area contributed by atoms with Gasteiger partial charge in [-0.2, -0.15) is 0 Å². The molecule has 3 rings (SSSR count). The van der Waals surface area contributed by atoms with Crippen molar-refractivity contribution in [2.24, 2.45) is 0 Å². The van der Waals surface area contributed by atoms with Crippen LogP contribution in [0.2, 0.25) is 0 Å². The second-order valence-electron chi connectivity index (χ2n) is 4.29. The third-order valence-corrected chi connectivity index (χ3v) is 3.02. The van der Waals surface area contributed by atoms with Crippen molar-refractivity contribution in [3.05, 3.63) is 47.4 Å². The minimum Gasteiger partial charge on any atom is -0.327 e. The molecule has 4 nitrogen and oxygen atoms in total. The predicted molar refractivity (Wildman–Crippen MR) is 65.0 cm³/mol. The van der Waals surface area contributed by atoms with Crippen molar-refractivity contribution in [2.45, 2.75) is 12.5 Å². The van der Waals surface area contributed by atoms with Crippen LogP contribution in [0.5, 0.6) is 0 Å². The Labute approximate surface area is 99.4 Å². The lowest BCUT2D eigenvalue weighted by Gasteiger charge is -2.24. The highest BCUT2D eigenvalue weighted by molar-refractivity contribution is 5.85. The summed E-state index contributed by atoms with van der Waals surface area (Å²) in [5.41, 5.74) is 3.66. The Balaban J connectivity index is 1.91. The van der Waals surface area contributed by atoms with Gasteiger partial charge in [-0.3, -0.25) is 15.1 Å². The fourth-order valence-corrected chi connectivity index (χ4v) is 2.14. The van der Waals surface area contributed by atoms with E-state index in [1.54, 1.807) is 0 Å². The highest BCUT2D eigenvalue weighted by Crippen LogP contribution is 2.21. The number of nitrogens with one attached hydrogen (secondary N) is 2. The van der Waals surface area contributed by atoms with Gasteiger partial charge in [0.15, 0.2) is 0 Å². The smallest absolute Gasteiger partial charge is 0.247 e. The van der Waals surface area contributed by atoms with E-state index >= 15 is 0 Å². The largest absolute Gasteiger partial charge is 0.327 e. The van der Waals surface area contributed by atoms with Gasteiger partial charge in [0.2, 0.25) is 5.91 Å². The van der Waals surface area contributed by atoms with Crippen LogP contribution in [-0.2, 0) is 11.2 Å². The summed E-state index contributed by atoms with van der Waals surface area (Å²) >= 11 is 0. The van der Waals surface area contributed by atoms with Crippen molar-refractivity contribution in [1.82, 2.24) is 15.6 Å². The van der Waals surface area contributed by atoms with E-state index in [-0.39, 0.29) is 11.9 Å². The maximum absolute atomic E-state index is 11.8. The number of nitrogens with zero attached hydrogens (tertiary/aromatic N) is 1. The molecular formula is C13H13N3O. The van der Waals surface area contributed by atoms with Gasteiger partial charge in [-0.1, -0.05) is 18.7 Å². The molecule has 0 bridgehead atoms. The molecule has 0 saturated carbocycles. The van der Waals surface area contributed by atoms with Crippen LogP contribution in [0.15, 0.2) is 30.5 Å². The molecule has 1 amide bonds. The van der Waals surface area contributed by atoms with E-state index in [9.17, 15) is 4.79 Å². The minimum absolute atomic E-state index is 0.0873. The molecule has 86 valence electrons. The number of pyridine rings is 1. The first-order valence-electron chi connectivity index (χ1n) is 5.62. The summed E-state index contributed by atoms with van der Waals surface area (Å²) in [6.07, 6.45) is 5.01. The van der Waals surface area contributed by atoms with Crippen LogP contribution < -0.4 is 10.6 Å². The zero-order valence-electron chi connectivity index (χ0n) is 9.36. The molecule has 1 atom stereocenters. The molecule has 1 aromatic heterocycles. The van der Waals surface area contributed by atoms with Crippen LogP contribution in [-0.4, -0.2) is 17.4 Å². The molecule has 1 aliphatic carbocycles. The third-order valence-electron chi connectivity index (χ3n) is 3.02. The van der Waals surface area contributed by atoms with Gasteiger partial charge in [-0.05, 0) is 24.1 Å². The van der Waals surface area contributed by atoms with Crippen LogP contribution >= 0.6 is 0 Å². The lowest BCUT2D eigenvalue weighted by molar-refractivity contribution is -0.123. The van der Waals surface area contributed by atoms with Gasteiger partial charge in [-0.15, -0.1) is 0 Å². The van der Waals surface area contributed by atoms with E-state index in [1.165, 1.54) is 5.56 Å². The highest BCUT2D eigenvalue weighted by atomic mass is 16.2. The van der Waals surface area contributed by atoms with Gasteiger partial charge in [0.1, 0.15) is 6.04 Å². The van der Waals surface area contributed by atoms with E-state index in [0.717, 1.165) is 17.8 Å². The Morgan fingerprint density at radius 3 is 3.12 bits per heavy atom. The molecule has 1 saturated heterocycles. The number of hydrogen-bond donors (Lipinski definition) is 2. The fourth-order valence-electron chi connectivity index (χ4n) is 2.14. The van der Waals surface area contributed by atoms with E-state index in [0.29, 0.717) is 12.2 Å². The SMILES string of the molecule is C=C1CNC(c2ccc3c(n2)C=CC3)C(=O)N1. The van der Waals surface area contributed by atoms with Crippen molar-refractivity contribution in [2.75, 3.05) is 6.54 Å². The van der Waals surface area contributed by atoms with Gasteiger partial charge >= 0.3 is 0 Å². The number of allylic oxidation sites excluding steroid dienone is 1. The van der Waals surface area contributed by atoms with E-state index in [4.69, 9.17) is 0 Å². The lowest BCUT2D eigenvalue weighted by Crippen LogP contribution is -2.45. The second kappa shape index (κ2) is 3.82. The normalized spacial score (nSPS) is 22.5. The first-order valence-corrected chi connectivity index (χ1v) is 5.62. The van der Waals surface area contributed by atoms with Crippen molar-refractivity contribution < 1.29 is 4.79 Å². The summed E-state index contributed by atoms with van der Waals surface area (Å²) in [6, 6.07) is 3.58. The lowest BCUT2D eigenvalue weighted by atomic mass is 10.1. The molecule has 1 fully saturated rings. The van der Waals surface area contributed by atoms with Crippen molar-refractivity contribution in [3.8, 4) is 0 Å². The first-order chi connectivity index (χ1) is 8.24. The molecule has 2 heterocycles.